The number of rotatable bonds is 8. The Balaban J connectivity index is 2.65. The number of hydrogen-bond acceptors (Lipinski definition) is 5. The lowest BCUT2D eigenvalue weighted by Gasteiger charge is -2.21. The van der Waals surface area contributed by atoms with E-state index in [4.69, 9.17) is 11.5 Å². The largest absolute Gasteiger partial charge is 0.398 e. The van der Waals surface area contributed by atoms with Crippen molar-refractivity contribution in [2.24, 2.45) is 5.73 Å². The summed E-state index contributed by atoms with van der Waals surface area (Å²) in [5.41, 5.74) is 12.6. The zero-order valence-electron chi connectivity index (χ0n) is 11.6. The zero-order valence-corrected chi connectivity index (χ0v) is 12.4. The number of hydrogen-bond donors (Lipinski definition) is 2. The van der Waals surface area contributed by atoms with Crippen LogP contribution in [0.2, 0.25) is 0 Å². The normalized spacial score (nSPS) is 11.7. The summed E-state index contributed by atoms with van der Waals surface area (Å²) in [7, 11) is -3.00. The lowest BCUT2D eigenvalue weighted by atomic mass is 10.1. The minimum atomic E-state index is -3.00. The van der Waals surface area contributed by atoms with E-state index >= 15 is 0 Å². The van der Waals surface area contributed by atoms with Gasteiger partial charge in [-0.3, -0.25) is 9.69 Å². The third kappa shape index (κ3) is 6.53. The number of nitrogen functional groups attached to an aromatic ring is 1. The average Bonchev–Trinajstić information content (AvgIpc) is 2.29. The van der Waals surface area contributed by atoms with E-state index in [0.717, 1.165) is 5.56 Å². The molecule has 112 valence electrons. The Morgan fingerprint density at radius 1 is 1.30 bits per heavy atom. The molecule has 0 radical (unpaired) electrons. The smallest absolute Gasteiger partial charge is 0.231 e. The van der Waals surface area contributed by atoms with Crippen LogP contribution in [0.1, 0.15) is 12.0 Å². The van der Waals surface area contributed by atoms with Crippen LogP contribution in [0.3, 0.4) is 0 Å². The Labute approximate surface area is 119 Å². The zero-order chi connectivity index (χ0) is 15.2. The van der Waals surface area contributed by atoms with Gasteiger partial charge in [-0.25, -0.2) is 8.42 Å². The average molecular weight is 299 g/mol. The summed E-state index contributed by atoms with van der Waals surface area (Å²) >= 11 is 0. The molecule has 0 saturated heterocycles. The fourth-order valence-corrected chi connectivity index (χ4v) is 2.56. The van der Waals surface area contributed by atoms with Crippen LogP contribution in [-0.4, -0.2) is 44.3 Å². The van der Waals surface area contributed by atoms with E-state index in [2.05, 4.69) is 0 Å². The predicted octanol–water partition coefficient (Wildman–Crippen LogP) is -0.00920. The lowest BCUT2D eigenvalue weighted by Crippen LogP contribution is -2.34. The van der Waals surface area contributed by atoms with E-state index in [0.29, 0.717) is 25.2 Å². The first-order chi connectivity index (χ1) is 9.28. The SMILES string of the molecule is CS(=O)(=O)CCCN(CC(N)=O)Cc1ccccc1N. The first-order valence-corrected chi connectivity index (χ1v) is 8.36. The minimum absolute atomic E-state index is 0.0814. The second kappa shape index (κ2) is 7.25. The highest BCUT2D eigenvalue weighted by Crippen LogP contribution is 2.13. The molecule has 0 unspecified atom stereocenters. The molecule has 1 aromatic rings. The van der Waals surface area contributed by atoms with E-state index in [9.17, 15) is 13.2 Å². The van der Waals surface area contributed by atoms with Gasteiger partial charge in [0.25, 0.3) is 0 Å². The number of nitrogens with two attached hydrogens (primary N) is 2. The first kappa shape index (κ1) is 16.5. The summed E-state index contributed by atoms with van der Waals surface area (Å²) in [5.74, 6) is -0.356. The molecule has 0 aliphatic heterocycles. The molecular formula is C13H21N3O3S. The van der Waals surface area contributed by atoms with Crippen molar-refractivity contribution in [1.82, 2.24) is 4.90 Å². The fourth-order valence-electron chi connectivity index (χ4n) is 1.90. The standard InChI is InChI=1S/C13H21N3O3S/c1-20(18,19)8-4-7-16(10-13(15)17)9-11-5-2-3-6-12(11)14/h2-3,5-6H,4,7-10,14H2,1H3,(H2,15,17). The van der Waals surface area contributed by atoms with Crippen molar-refractivity contribution in [3.63, 3.8) is 0 Å². The number of para-hydroxylation sites is 1. The number of sulfone groups is 1. The van der Waals surface area contributed by atoms with Gasteiger partial charge in [0.1, 0.15) is 9.84 Å². The molecule has 1 aromatic carbocycles. The van der Waals surface area contributed by atoms with Gasteiger partial charge in [0, 0.05) is 18.5 Å². The molecule has 7 heteroatoms. The Kier molecular flexibility index (Phi) is 5.97. The Morgan fingerprint density at radius 3 is 2.50 bits per heavy atom. The maximum Gasteiger partial charge on any atom is 0.231 e. The second-order valence-electron chi connectivity index (χ2n) is 4.86. The molecule has 4 N–H and O–H groups in total. The molecule has 0 aromatic heterocycles. The summed E-state index contributed by atoms with van der Waals surface area (Å²) in [5, 5.41) is 0. The van der Waals surface area contributed by atoms with Crippen molar-refractivity contribution in [3.8, 4) is 0 Å². The van der Waals surface area contributed by atoms with Crippen LogP contribution >= 0.6 is 0 Å². The van der Waals surface area contributed by atoms with Crippen LogP contribution in [0, 0.1) is 0 Å². The molecule has 20 heavy (non-hydrogen) atoms. The van der Waals surface area contributed by atoms with Crippen LogP contribution in [0.4, 0.5) is 5.69 Å². The molecule has 0 spiro atoms. The van der Waals surface area contributed by atoms with Crippen LogP contribution in [0.5, 0.6) is 0 Å². The van der Waals surface area contributed by atoms with Gasteiger partial charge >= 0.3 is 0 Å². The highest BCUT2D eigenvalue weighted by Gasteiger charge is 2.12. The van der Waals surface area contributed by atoms with Crippen molar-refractivity contribution in [2.75, 3.05) is 30.8 Å². The van der Waals surface area contributed by atoms with Crippen LogP contribution in [-0.2, 0) is 21.2 Å². The first-order valence-electron chi connectivity index (χ1n) is 6.29. The molecule has 6 nitrogen and oxygen atoms in total. The lowest BCUT2D eigenvalue weighted by molar-refractivity contribution is -0.119. The Morgan fingerprint density at radius 2 is 1.95 bits per heavy atom. The summed E-state index contributed by atoms with van der Waals surface area (Å²) in [6, 6.07) is 7.36. The topological polar surface area (TPSA) is 106 Å². The molecular weight excluding hydrogens is 278 g/mol. The summed E-state index contributed by atoms with van der Waals surface area (Å²) in [6.45, 7) is 1.03. The number of primary amides is 1. The van der Waals surface area contributed by atoms with E-state index in [1.54, 1.807) is 11.0 Å². The Hall–Kier alpha value is -1.60. The molecule has 0 fully saturated rings. The van der Waals surface area contributed by atoms with Crippen LogP contribution in [0.25, 0.3) is 0 Å². The molecule has 0 heterocycles. The quantitative estimate of drug-likeness (QED) is 0.657. The Bertz CT molecular complexity index is 558. The van der Waals surface area contributed by atoms with Gasteiger partial charge in [0.05, 0.1) is 12.3 Å². The van der Waals surface area contributed by atoms with E-state index in [-0.39, 0.29) is 12.3 Å². The summed E-state index contributed by atoms with van der Waals surface area (Å²) in [6.07, 6.45) is 1.65. The van der Waals surface area contributed by atoms with E-state index < -0.39 is 15.7 Å². The third-order valence-corrected chi connectivity index (χ3v) is 3.85. The maximum absolute atomic E-state index is 11.1. The van der Waals surface area contributed by atoms with Gasteiger partial charge in [-0.1, -0.05) is 18.2 Å². The van der Waals surface area contributed by atoms with Crippen molar-refractivity contribution >= 4 is 21.4 Å². The van der Waals surface area contributed by atoms with Gasteiger partial charge in [-0.05, 0) is 24.6 Å². The number of amides is 1. The molecule has 1 amide bonds. The monoisotopic (exact) mass is 299 g/mol. The van der Waals surface area contributed by atoms with Crippen molar-refractivity contribution in [3.05, 3.63) is 29.8 Å². The second-order valence-corrected chi connectivity index (χ2v) is 7.12. The van der Waals surface area contributed by atoms with E-state index in [1.165, 1.54) is 6.26 Å². The highest BCUT2D eigenvalue weighted by molar-refractivity contribution is 7.90. The van der Waals surface area contributed by atoms with Crippen molar-refractivity contribution in [1.29, 1.82) is 0 Å². The van der Waals surface area contributed by atoms with Gasteiger partial charge in [-0.2, -0.15) is 0 Å². The summed E-state index contributed by atoms with van der Waals surface area (Å²) in [4.78, 5) is 12.9. The summed E-state index contributed by atoms with van der Waals surface area (Å²) < 4.78 is 22.2. The fraction of sp³-hybridized carbons (Fsp3) is 0.462. The predicted molar refractivity (Wildman–Crippen MR) is 79.7 cm³/mol. The molecule has 0 aliphatic carbocycles. The van der Waals surface area contributed by atoms with Crippen molar-refractivity contribution < 1.29 is 13.2 Å². The van der Waals surface area contributed by atoms with Crippen LogP contribution < -0.4 is 11.5 Å². The van der Waals surface area contributed by atoms with Gasteiger partial charge in [-0.15, -0.1) is 0 Å². The van der Waals surface area contributed by atoms with Crippen molar-refractivity contribution in [2.45, 2.75) is 13.0 Å². The number of nitrogens with zero attached hydrogens (tertiary/aromatic N) is 1. The van der Waals surface area contributed by atoms with Gasteiger partial charge in [0.2, 0.25) is 5.91 Å². The highest BCUT2D eigenvalue weighted by atomic mass is 32.2. The maximum atomic E-state index is 11.1. The van der Waals surface area contributed by atoms with E-state index in [1.807, 2.05) is 18.2 Å². The number of carbonyl (C=O) groups excluding carboxylic acids is 1. The van der Waals surface area contributed by atoms with Crippen LogP contribution in [0.15, 0.2) is 24.3 Å². The molecule has 0 aliphatic rings. The molecule has 1 rings (SSSR count). The van der Waals surface area contributed by atoms with Gasteiger partial charge in [0.15, 0.2) is 0 Å². The van der Waals surface area contributed by atoms with Gasteiger partial charge < -0.3 is 11.5 Å². The minimum Gasteiger partial charge on any atom is -0.398 e. The number of anilines is 1. The molecule has 0 saturated carbocycles. The number of benzene rings is 1. The molecule has 0 bridgehead atoms. The molecule has 0 atom stereocenters. The number of carbonyl (C=O) groups is 1. The third-order valence-electron chi connectivity index (χ3n) is 2.82.